The lowest BCUT2D eigenvalue weighted by Gasteiger charge is -2.32. The standard InChI is InChI=1S/C23H26ClN3O5S/c1-4-19(22(29)25-15(2)3)26(13-16-9-5-7-11-18(16)24)21(28)14-27-23(30)17-10-6-8-12-20(17)33(27,31)32/h5-12,15,19H,4,13-14H2,1-3H3,(H,25,29)/t19-/m0/s1. The number of fused-ring (bicyclic) bond motifs is 1. The van der Waals surface area contributed by atoms with E-state index in [0.29, 0.717) is 14.9 Å². The van der Waals surface area contributed by atoms with Crippen LogP contribution in [0.5, 0.6) is 0 Å². The third-order valence-corrected chi connectivity index (χ3v) is 7.46. The molecule has 3 amide bonds. The molecule has 2 aromatic rings. The molecule has 1 aliphatic heterocycles. The normalized spacial score (nSPS) is 15.3. The highest BCUT2D eigenvalue weighted by Gasteiger charge is 2.43. The van der Waals surface area contributed by atoms with Crippen molar-refractivity contribution in [3.8, 4) is 0 Å². The second kappa shape index (κ2) is 9.93. The van der Waals surface area contributed by atoms with Gasteiger partial charge in [-0.15, -0.1) is 0 Å². The van der Waals surface area contributed by atoms with Gasteiger partial charge in [0.15, 0.2) is 0 Å². The first-order chi connectivity index (χ1) is 15.6. The zero-order chi connectivity index (χ0) is 24.3. The van der Waals surface area contributed by atoms with Gasteiger partial charge in [-0.3, -0.25) is 14.4 Å². The van der Waals surface area contributed by atoms with Gasteiger partial charge in [-0.2, -0.15) is 0 Å². The number of amides is 3. The predicted molar refractivity (Wildman–Crippen MR) is 124 cm³/mol. The van der Waals surface area contributed by atoms with E-state index in [0.717, 1.165) is 0 Å². The van der Waals surface area contributed by atoms with E-state index in [-0.39, 0.29) is 35.4 Å². The van der Waals surface area contributed by atoms with Crippen LogP contribution in [0.2, 0.25) is 5.02 Å². The van der Waals surface area contributed by atoms with Crippen LogP contribution in [0, 0.1) is 0 Å². The lowest BCUT2D eigenvalue weighted by atomic mass is 10.1. The molecule has 1 heterocycles. The van der Waals surface area contributed by atoms with Gasteiger partial charge in [0.05, 0.1) is 5.56 Å². The molecule has 1 aliphatic rings. The highest BCUT2D eigenvalue weighted by molar-refractivity contribution is 7.90. The third-order valence-electron chi connectivity index (χ3n) is 5.31. The molecule has 0 spiro atoms. The van der Waals surface area contributed by atoms with Crippen molar-refractivity contribution in [1.29, 1.82) is 0 Å². The molecule has 33 heavy (non-hydrogen) atoms. The van der Waals surface area contributed by atoms with Crippen molar-refractivity contribution in [3.05, 3.63) is 64.7 Å². The molecule has 0 radical (unpaired) electrons. The SMILES string of the molecule is CC[C@@H](C(=O)NC(C)C)N(Cc1ccccc1Cl)C(=O)CN1C(=O)c2ccccc2S1(=O)=O. The fraction of sp³-hybridized carbons (Fsp3) is 0.348. The molecule has 0 saturated heterocycles. The summed E-state index contributed by atoms with van der Waals surface area (Å²) in [5, 5.41) is 3.21. The van der Waals surface area contributed by atoms with Crippen LogP contribution in [0.1, 0.15) is 43.1 Å². The average molecular weight is 492 g/mol. The zero-order valence-electron chi connectivity index (χ0n) is 18.6. The van der Waals surface area contributed by atoms with E-state index in [1.165, 1.54) is 23.1 Å². The Morgan fingerprint density at radius 3 is 2.33 bits per heavy atom. The summed E-state index contributed by atoms with van der Waals surface area (Å²) in [5.74, 6) is -1.81. The minimum atomic E-state index is -4.17. The number of sulfonamides is 1. The Labute approximate surface area is 198 Å². The van der Waals surface area contributed by atoms with E-state index in [1.54, 1.807) is 51.1 Å². The van der Waals surface area contributed by atoms with Crippen molar-refractivity contribution in [2.24, 2.45) is 0 Å². The lowest BCUT2D eigenvalue weighted by molar-refractivity contribution is -0.141. The summed E-state index contributed by atoms with van der Waals surface area (Å²) in [6.07, 6.45) is 0.287. The van der Waals surface area contributed by atoms with Crippen LogP contribution >= 0.6 is 11.6 Å². The molecule has 1 atom stereocenters. The Morgan fingerprint density at radius 1 is 1.09 bits per heavy atom. The molecule has 0 fully saturated rings. The molecule has 1 N–H and O–H groups in total. The fourth-order valence-corrected chi connectivity index (χ4v) is 5.43. The maximum Gasteiger partial charge on any atom is 0.269 e. The number of carbonyl (C=O) groups is 3. The van der Waals surface area contributed by atoms with E-state index in [1.807, 2.05) is 0 Å². The first kappa shape index (κ1) is 24.7. The molecule has 10 heteroatoms. The first-order valence-corrected chi connectivity index (χ1v) is 12.4. The molecule has 176 valence electrons. The summed E-state index contributed by atoms with van der Waals surface area (Å²) < 4.78 is 26.4. The van der Waals surface area contributed by atoms with Crippen molar-refractivity contribution in [2.45, 2.75) is 50.7 Å². The topological polar surface area (TPSA) is 104 Å². The fourth-order valence-electron chi connectivity index (χ4n) is 3.71. The van der Waals surface area contributed by atoms with Gasteiger partial charge in [0, 0.05) is 17.6 Å². The van der Waals surface area contributed by atoms with Crippen LogP contribution in [-0.2, 0) is 26.2 Å². The summed E-state index contributed by atoms with van der Waals surface area (Å²) >= 11 is 6.29. The molecule has 0 bridgehead atoms. The van der Waals surface area contributed by atoms with Crippen LogP contribution in [0.3, 0.4) is 0 Å². The van der Waals surface area contributed by atoms with Crippen molar-refractivity contribution in [1.82, 2.24) is 14.5 Å². The summed E-state index contributed by atoms with van der Waals surface area (Å²) in [6.45, 7) is 4.63. The molecule has 8 nitrogen and oxygen atoms in total. The second-order valence-electron chi connectivity index (χ2n) is 8.01. The second-order valence-corrected chi connectivity index (χ2v) is 10.3. The number of carbonyl (C=O) groups excluding carboxylic acids is 3. The van der Waals surface area contributed by atoms with Gasteiger partial charge < -0.3 is 10.2 Å². The summed E-state index contributed by atoms with van der Waals surface area (Å²) in [6, 6.07) is 11.7. The lowest BCUT2D eigenvalue weighted by Crippen LogP contribution is -2.53. The van der Waals surface area contributed by atoms with Gasteiger partial charge in [0.2, 0.25) is 11.8 Å². The highest BCUT2D eigenvalue weighted by Crippen LogP contribution is 2.30. The number of rotatable bonds is 8. The van der Waals surface area contributed by atoms with Gasteiger partial charge in [0.1, 0.15) is 17.5 Å². The highest BCUT2D eigenvalue weighted by atomic mass is 35.5. The largest absolute Gasteiger partial charge is 0.352 e. The van der Waals surface area contributed by atoms with Crippen molar-refractivity contribution in [3.63, 3.8) is 0 Å². The molecule has 3 rings (SSSR count). The quantitative estimate of drug-likeness (QED) is 0.611. The zero-order valence-corrected chi connectivity index (χ0v) is 20.2. The van der Waals surface area contributed by atoms with Crippen LogP contribution in [0.15, 0.2) is 53.4 Å². The van der Waals surface area contributed by atoms with Crippen LogP contribution in [-0.4, -0.2) is 54.0 Å². The number of nitrogens with zero attached hydrogens (tertiary/aromatic N) is 2. The number of hydrogen-bond donors (Lipinski definition) is 1. The van der Waals surface area contributed by atoms with Gasteiger partial charge in [-0.1, -0.05) is 48.9 Å². The molecule has 2 aromatic carbocycles. The van der Waals surface area contributed by atoms with Crippen LogP contribution in [0.4, 0.5) is 0 Å². The Hall–Kier alpha value is -2.91. The minimum absolute atomic E-state index is 0.0163. The van der Waals surface area contributed by atoms with Gasteiger partial charge in [-0.25, -0.2) is 12.7 Å². The monoisotopic (exact) mass is 491 g/mol. The number of benzene rings is 2. The number of hydrogen-bond acceptors (Lipinski definition) is 5. The molecular formula is C23H26ClN3O5S. The van der Waals surface area contributed by atoms with E-state index < -0.39 is 34.4 Å². The maximum atomic E-state index is 13.4. The summed E-state index contributed by atoms with van der Waals surface area (Å²) in [4.78, 5) is 40.2. The number of nitrogens with one attached hydrogen (secondary N) is 1. The molecule has 0 aromatic heterocycles. The average Bonchev–Trinajstić information content (AvgIpc) is 2.95. The Morgan fingerprint density at radius 2 is 1.73 bits per heavy atom. The van der Waals surface area contributed by atoms with Gasteiger partial charge in [0.25, 0.3) is 15.9 Å². The molecule has 0 aliphatic carbocycles. The van der Waals surface area contributed by atoms with Gasteiger partial charge >= 0.3 is 0 Å². The molecular weight excluding hydrogens is 466 g/mol. The van der Waals surface area contributed by atoms with Crippen molar-refractivity contribution in [2.75, 3.05) is 6.54 Å². The van der Waals surface area contributed by atoms with Crippen LogP contribution < -0.4 is 5.32 Å². The van der Waals surface area contributed by atoms with Crippen molar-refractivity contribution < 1.29 is 22.8 Å². The van der Waals surface area contributed by atoms with E-state index in [2.05, 4.69) is 5.32 Å². The minimum Gasteiger partial charge on any atom is -0.352 e. The Bertz CT molecular complexity index is 1180. The van der Waals surface area contributed by atoms with E-state index in [9.17, 15) is 22.8 Å². The summed E-state index contributed by atoms with van der Waals surface area (Å²) in [5.41, 5.74) is 0.620. The van der Waals surface area contributed by atoms with E-state index in [4.69, 9.17) is 11.6 Å². The Kier molecular flexibility index (Phi) is 7.44. The Balaban J connectivity index is 1.95. The van der Waals surface area contributed by atoms with Crippen molar-refractivity contribution >= 4 is 39.3 Å². The maximum absolute atomic E-state index is 13.4. The smallest absolute Gasteiger partial charge is 0.269 e. The van der Waals surface area contributed by atoms with Gasteiger partial charge in [-0.05, 0) is 44.0 Å². The first-order valence-electron chi connectivity index (χ1n) is 10.6. The van der Waals surface area contributed by atoms with E-state index >= 15 is 0 Å². The predicted octanol–water partition coefficient (Wildman–Crippen LogP) is 2.82. The molecule has 0 saturated carbocycles. The third kappa shape index (κ3) is 5.04. The van der Waals surface area contributed by atoms with Crippen LogP contribution in [0.25, 0.3) is 0 Å². The number of halogens is 1. The molecule has 0 unspecified atom stereocenters. The summed E-state index contributed by atoms with van der Waals surface area (Å²) in [7, 11) is -4.17.